The van der Waals surface area contributed by atoms with Crippen molar-refractivity contribution in [3.05, 3.63) is 0 Å². The molecule has 0 aliphatic carbocycles. The van der Waals surface area contributed by atoms with Crippen LogP contribution in [0.4, 0.5) is 0 Å². The smallest absolute Gasteiger partial charge is 0.225 e. The number of hydrogen-bond acceptors (Lipinski definition) is 3. The van der Waals surface area contributed by atoms with Gasteiger partial charge in [0, 0.05) is 30.1 Å². The first-order valence-corrected chi connectivity index (χ1v) is 6.43. The normalized spacial score (nSPS) is 33.5. The SMILES string of the molecule is CC1CCC(NC(=O)C2CNC2)CS1. The second-order valence-electron chi connectivity index (χ2n) is 4.28. The van der Waals surface area contributed by atoms with Gasteiger partial charge in [0.2, 0.25) is 5.91 Å². The van der Waals surface area contributed by atoms with E-state index in [0.29, 0.717) is 6.04 Å². The van der Waals surface area contributed by atoms with Crippen LogP contribution in [0.25, 0.3) is 0 Å². The lowest BCUT2D eigenvalue weighted by atomic mass is 10.0. The van der Waals surface area contributed by atoms with Crippen molar-refractivity contribution in [1.29, 1.82) is 0 Å². The number of carbonyl (C=O) groups is 1. The van der Waals surface area contributed by atoms with Gasteiger partial charge < -0.3 is 10.6 Å². The fraction of sp³-hybridized carbons (Fsp3) is 0.900. The summed E-state index contributed by atoms with van der Waals surface area (Å²) in [5.41, 5.74) is 0. The molecule has 3 nitrogen and oxygen atoms in total. The van der Waals surface area contributed by atoms with Crippen LogP contribution in [-0.4, -0.2) is 36.0 Å². The van der Waals surface area contributed by atoms with Crippen molar-refractivity contribution in [1.82, 2.24) is 10.6 Å². The van der Waals surface area contributed by atoms with Gasteiger partial charge in [-0.1, -0.05) is 6.92 Å². The van der Waals surface area contributed by atoms with Gasteiger partial charge in [-0.2, -0.15) is 11.8 Å². The molecule has 2 N–H and O–H groups in total. The maximum atomic E-state index is 11.6. The predicted molar refractivity (Wildman–Crippen MR) is 59.4 cm³/mol. The second-order valence-corrected chi connectivity index (χ2v) is 5.75. The van der Waals surface area contributed by atoms with Gasteiger partial charge in [-0.3, -0.25) is 4.79 Å². The molecule has 2 aliphatic rings. The third kappa shape index (κ3) is 2.42. The molecule has 2 saturated heterocycles. The van der Waals surface area contributed by atoms with Gasteiger partial charge in [-0.05, 0) is 12.8 Å². The lowest BCUT2D eigenvalue weighted by Crippen LogP contribution is -2.53. The van der Waals surface area contributed by atoms with E-state index in [4.69, 9.17) is 0 Å². The molecule has 2 rings (SSSR count). The highest BCUT2D eigenvalue weighted by Crippen LogP contribution is 2.24. The molecule has 0 spiro atoms. The van der Waals surface area contributed by atoms with E-state index in [9.17, 15) is 4.79 Å². The van der Waals surface area contributed by atoms with Gasteiger partial charge in [-0.15, -0.1) is 0 Å². The Morgan fingerprint density at radius 2 is 2.21 bits per heavy atom. The summed E-state index contributed by atoms with van der Waals surface area (Å²) in [7, 11) is 0. The number of hydrogen-bond donors (Lipinski definition) is 2. The summed E-state index contributed by atoms with van der Waals surface area (Å²) in [4.78, 5) is 11.6. The molecular weight excluding hydrogens is 196 g/mol. The highest BCUT2D eigenvalue weighted by atomic mass is 32.2. The quantitative estimate of drug-likeness (QED) is 0.707. The molecule has 0 aromatic heterocycles. The van der Waals surface area contributed by atoms with Crippen molar-refractivity contribution < 1.29 is 4.79 Å². The highest BCUT2D eigenvalue weighted by molar-refractivity contribution is 7.99. The Labute approximate surface area is 89.4 Å². The predicted octanol–water partition coefficient (Wildman–Crippen LogP) is 0.606. The Balaban J connectivity index is 1.71. The molecule has 2 fully saturated rings. The van der Waals surface area contributed by atoms with Gasteiger partial charge in [0.15, 0.2) is 0 Å². The van der Waals surface area contributed by atoms with Crippen molar-refractivity contribution >= 4 is 17.7 Å². The largest absolute Gasteiger partial charge is 0.352 e. The van der Waals surface area contributed by atoms with Crippen LogP contribution in [0.5, 0.6) is 0 Å². The van der Waals surface area contributed by atoms with Gasteiger partial charge in [0.05, 0.1) is 5.92 Å². The lowest BCUT2D eigenvalue weighted by molar-refractivity contribution is -0.127. The first-order valence-electron chi connectivity index (χ1n) is 5.38. The summed E-state index contributed by atoms with van der Waals surface area (Å²) in [6.07, 6.45) is 2.39. The van der Waals surface area contributed by atoms with Crippen molar-refractivity contribution in [3.8, 4) is 0 Å². The molecule has 2 heterocycles. The summed E-state index contributed by atoms with van der Waals surface area (Å²) < 4.78 is 0. The Morgan fingerprint density at radius 3 is 2.71 bits per heavy atom. The molecule has 14 heavy (non-hydrogen) atoms. The van der Waals surface area contributed by atoms with Crippen LogP contribution in [-0.2, 0) is 4.79 Å². The minimum absolute atomic E-state index is 0.236. The number of rotatable bonds is 2. The van der Waals surface area contributed by atoms with E-state index in [0.717, 1.165) is 30.5 Å². The van der Waals surface area contributed by atoms with Crippen molar-refractivity contribution in [2.75, 3.05) is 18.8 Å². The Morgan fingerprint density at radius 1 is 1.43 bits per heavy atom. The average Bonchev–Trinajstić information content (AvgIpc) is 2.06. The molecule has 0 saturated carbocycles. The number of carbonyl (C=O) groups excluding carboxylic acids is 1. The van der Waals surface area contributed by atoms with E-state index < -0.39 is 0 Å². The van der Waals surface area contributed by atoms with Crippen LogP contribution in [0.2, 0.25) is 0 Å². The molecule has 0 aromatic rings. The summed E-state index contributed by atoms with van der Waals surface area (Å²) >= 11 is 1.98. The Hall–Kier alpha value is -0.220. The summed E-state index contributed by atoms with van der Waals surface area (Å²) in [5, 5.41) is 7.03. The third-order valence-corrected chi connectivity index (χ3v) is 4.40. The maximum absolute atomic E-state index is 11.6. The number of nitrogens with one attached hydrogen (secondary N) is 2. The Kier molecular flexibility index (Phi) is 3.34. The van der Waals surface area contributed by atoms with Crippen molar-refractivity contribution in [3.63, 3.8) is 0 Å². The van der Waals surface area contributed by atoms with Crippen LogP contribution in [0.1, 0.15) is 19.8 Å². The van der Waals surface area contributed by atoms with Crippen LogP contribution in [0.15, 0.2) is 0 Å². The van der Waals surface area contributed by atoms with Crippen molar-refractivity contribution in [2.24, 2.45) is 5.92 Å². The molecule has 2 unspecified atom stereocenters. The van der Waals surface area contributed by atoms with Crippen LogP contribution in [0, 0.1) is 5.92 Å². The van der Waals surface area contributed by atoms with Crippen LogP contribution < -0.4 is 10.6 Å². The van der Waals surface area contributed by atoms with E-state index >= 15 is 0 Å². The van der Waals surface area contributed by atoms with Gasteiger partial charge in [0.1, 0.15) is 0 Å². The molecule has 2 aliphatic heterocycles. The van der Waals surface area contributed by atoms with E-state index in [1.165, 1.54) is 6.42 Å². The van der Waals surface area contributed by atoms with Gasteiger partial charge in [-0.25, -0.2) is 0 Å². The van der Waals surface area contributed by atoms with Crippen LogP contribution in [0.3, 0.4) is 0 Å². The van der Waals surface area contributed by atoms with Gasteiger partial charge in [0.25, 0.3) is 0 Å². The highest BCUT2D eigenvalue weighted by Gasteiger charge is 2.27. The molecule has 1 amide bonds. The van der Waals surface area contributed by atoms with E-state index in [2.05, 4.69) is 17.6 Å². The fourth-order valence-corrected chi connectivity index (χ4v) is 2.90. The number of amides is 1. The zero-order chi connectivity index (χ0) is 9.97. The second kappa shape index (κ2) is 4.53. The molecule has 0 aromatic carbocycles. The first kappa shape index (κ1) is 10.3. The molecule has 0 radical (unpaired) electrons. The molecule has 2 atom stereocenters. The third-order valence-electron chi connectivity index (χ3n) is 3.00. The summed E-state index contributed by atoms with van der Waals surface area (Å²) in [6.45, 7) is 3.99. The lowest BCUT2D eigenvalue weighted by Gasteiger charge is -2.31. The maximum Gasteiger partial charge on any atom is 0.225 e. The minimum atomic E-state index is 0.236. The molecule has 80 valence electrons. The van der Waals surface area contributed by atoms with Gasteiger partial charge >= 0.3 is 0 Å². The van der Waals surface area contributed by atoms with E-state index in [-0.39, 0.29) is 11.8 Å². The average molecular weight is 214 g/mol. The minimum Gasteiger partial charge on any atom is -0.352 e. The monoisotopic (exact) mass is 214 g/mol. The van der Waals surface area contributed by atoms with E-state index in [1.54, 1.807) is 0 Å². The van der Waals surface area contributed by atoms with Crippen molar-refractivity contribution in [2.45, 2.75) is 31.1 Å². The number of thioether (sulfide) groups is 1. The molecule has 0 bridgehead atoms. The molecule has 4 heteroatoms. The fourth-order valence-electron chi connectivity index (χ4n) is 1.79. The summed E-state index contributed by atoms with van der Waals surface area (Å²) in [5.74, 6) is 1.58. The Bertz CT molecular complexity index is 210. The zero-order valence-electron chi connectivity index (χ0n) is 8.58. The first-order chi connectivity index (χ1) is 6.75. The van der Waals surface area contributed by atoms with E-state index in [1.807, 2.05) is 11.8 Å². The van der Waals surface area contributed by atoms with Crippen LogP contribution >= 0.6 is 11.8 Å². The standard InChI is InChI=1S/C10H18N2OS/c1-7-2-3-9(6-14-7)12-10(13)8-4-11-5-8/h7-9,11H,2-6H2,1H3,(H,12,13). The topological polar surface area (TPSA) is 41.1 Å². The summed E-state index contributed by atoms with van der Waals surface area (Å²) in [6, 6.07) is 0.421. The molecular formula is C10H18N2OS. The zero-order valence-corrected chi connectivity index (χ0v) is 9.40.